The number of carbonyl (C=O) groups is 2. The minimum atomic E-state index is -4.25. The minimum Gasteiger partial charge on any atom is -0.481 e. The van der Waals surface area contributed by atoms with Gasteiger partial charge in [0, 0.05) is 25.9 Å². The van der Waals surface area contributed by atoms with E-state index in [1.165, 1.54) is 4.90 Å². The molecule has 1 amide bonds. The molecule has 1 aliphatic heterocycles. The molecule has 1 aliphatic rings. The largest absolute Gasteiger partial charge is 0.481 e. The van der Waals surface area contributed by atoms with E-state index in [1.807, 2.05) is 0 Å². The van der Waals surface area contributed by atoms with Crippen molar-refractivity contribution in [3.8, 4) is 0 Å². The fourth-order valence-electron chi connectivity index (χ4n) is 2.18. The maximum atomic E-state index is 12.6. The van der Waals surface area contributed by atoms with Gasteiger partial charge in [-0.05, 0) is 25.7 Å². The third-order valence-electron chi connectivity index (χ3n) is 3.27. The summed E-state index contributed by atoms with van der Waals surface area (Å²) < 4.78 is 37.7. The highest BCUT2D eigenvalue weighted by Gasteiger charge is 2.42. The molecule has 1 N–H and O–H groups in total. The summed E-state index contributed by atoms with van der Waals surface area (Å²) in [5.41, 5.74) is 0. The Balaban J connectivity index is 2.34. The van der Waals surface area contributed by atoms with Crippen molar-refractivity contribution in [3.05, 3.63) is 0 Å². The number of carbonyl (C=O) groups excluding carboxylic acids is 1. The third-order valence-corrected chi connectivity index (χ3v) is 3.27. The number of halogens is 3. The first kappa shape index (κ1) is 15.8. The average Bonchev–Trinajstić information content (AvgIpc) is 2.33. The maximum absolute atomic E-state index is 12.6. The van der Waals surface area contributed by atoms with Gasteiger partial charge in [0.2, 0.25) is 5.91 Å². The lowest BCUT2D eigenvalue weighted by atomic mass is 9.97. The van der Waals surface area contributed by atoms with Crippen molar-refractivity contribution in [2.24, 2.45) is 5.92 Å². The second-order valence-electron chi connectivity index (χ2n) is 4.82. The van der Waals surface area contributed by atoms with Crippen LogP contribution in [0, 0.1) is 5.92 Å². The van der Waals surface area contributed by atoms with Crippen molar-refractivity contribution < 1.29 is 27.9 Å². The number of likely N-dealkylation sites (tertiary alicyclic amines) is 1. The van der Waals surface area contributed by atoms with Gasteiger partial charge >= 0.3 is 12.1 Å². The van der Waals surface area contributed by atoms with Gasteiger partial charge in [-0.2, -0.15) is 13.2 Å². The summed E-state index contributed by atoms with van der Waals surface area (Å²) in [4.78, 5) is 23.3. The summed E-state index contributed by atoms with van der Waals surface area (Å²) in [5, 5.41) is 8.43. The molecule has 1 atom stereocenters. The number of piperidine rings is 1. The van der Waals surface area contributed by atoms with Gasteiger partial charge in [0.15, 0.2) is 0 Å². The van der Waals surface area contributed by atoms with Crippen LogP contribution in [0.4, 0.5) is 13.2 Å². The highest BCUT2D eigenvalue weighted by Crippen LogP contribution is 2.33. The van der Waals surface area contributed by atoms with E-state index < -0.39 is 18.1 Å². The topological polar surface area (TPSA) is 57.6 Å². The van der Waals surface area contributed by atoms with E-state index in [9.17, 15) is 22.8 Å². The molecule has 1 rings (SSSR count). The Morgan fingerprint density at radius 2 is 1.84 bits per heavy atom. The Kier molecular flexibility index (Phi) is 5.62. The van der Waals surface area contributed by atoms with Crippen LogP contribution in [0.15, 0.2) is 0 Å². The minimum absolute atomic E-state index is 0.0154. The number of hydrogen-bond donors (Lipinski definition) is 1. The summed E-state index contributed by atoms with van der Waals surface area (Å²) >= 11 is 0. The molecule has 1 saturated heterocycles. The van der Waals surface area contributed by atoms with Crippen molar-refractivity contribution in [1.82, 2.24) is 4.90 Å². The Labute approximate surface area is 109 Å². The number of amides is 1. The molecule has 0 bridgehead atoms. The van der Waals surface area contributed by atoms with E-state index in [4.69, 9.17) is 5.11 Å². The monoisotopic (exact) mass is 281 g/mol. The van der Waals surface area contributed by atoms with Crippen molar-refractivity contribution in [2.45, 2.75) is 44.7 Å². The molecular weight excluding hydrogens is 263 g/mol. The fourth-order valence-corrected chi connectivity index (χ4v) is 2.18. The zero-order valence-corrected chi connectivity index (χ0v) is 10.6. The number of aliphatic carboxylic acids is 1. The van der Waals surface area contributed by atoms with Crippen LogP contribution < -0.4 is 0 Å². The maximum Gasteiger partial charge on any atom is 0.393 e. The average molecular weight is 281 g/mol. The normalized spacial score (nSPS) is 20.4. The first-order chi connectivity index (χ1) is 8.80. The summed E-state index contributed by atoms with van der Waals surface area (Å²) in [6, 6.07) is 0. The van der Waals surface area contributed by atoms with Crippen molar-refractivity contribution >= 4 is 11.9 Å². The van der Waals surface area contributed by atoms with Crippen LogP contribution in [0.3, 0.4) is 0 Å². The molecule has 0 saturated carbocycles. The summed E-state index contributed by atoms with van der Waals surface area (Å²) in [6.45, 7) is 0.103. The molecule has 0 radical (unpaired) electrons. The predicted octanol–water partition coefficient (Wildman–Crippen LogP) is 2.43. The predicted molar refractivity (Wildman–Crippen MR) is 61.5 cm³/mol. The SMILES string of the molecule is O=C(O)CCCCC(=O)N1CCCC(C(F)(F)F)C1. The Morgan fingerprint density at radius 3 is 2.42 bits per heavy atom. The van der Waals surface area contributed by atoms with E-state index in [-0.39, 0.29) is 31.7 Å². The van der Waals surface area contributed by atoms with Gasteiger partial charge in [-0.25, -0.2) is 0 Å². The van der Waals surface area contributed by atoms with E-state index in [0.29, 0.717) is 25.8 Å². The number of alkyl halides is 3. The molecule has 110 valence electrons. The highest BCUT2D eigenvalue weighted by molar-refractivity contribution is 5.76. The van der Waals surface area contributed by atoms with E-state index in [0.717, 1.165) is 0 Å². The molecule has 19 heavy (non-hydrogen) atoms. The number of carboxylic acid groups (broad SMARTS) is 1. The number of rotatable bonds is 5. The summed E-state index contributed by atoms with van der Waals surface area (Å²) in [5.74, 6) is -2.66. The highest BCUT2D eigenvalue weighted by atomic mass is 19.4. The zero-order chi connectivity index (χ0) is 14.5. The van der Waals surface area contributed by atoms with Crippen LogP contribution in [0.25, 0.3) is 0 Å². The molecule has 4 nitrogen and oxygen atoms in total. The third kappa shape index (κ3) is 5.48. The van der Waals surface area contributed by atoms with Crippen LogP contribution in [0.5, 0.6) is 0 Å². The molecule has 7 heteroatoms. The van der Waals surface area contributed by atoms with Crippen molar-refractivity contribution in [1.29, 1.82) is 0 Å². The van der Waals surface area contributed by atoms with Crippen molar-refractivity contribution in [3.63, 3.8) is 0 Å². The lowest BCUT2D eigenvalue weighted by molar-refractivity contribution is -0.188. The fraction of sp³-hybridized carbons (Fsp3) is 0.833. The van der Waals surface area contributed by atoms with Crippen LogP contribution in [0.1, 0.15) is 38.5 Å². The second kappa shape index (κ2) is 6.77. The van der Waals surface area contributed by atoms with Gasteiger partial charge in [-0.15, -0.1) is 0 Å². The number of unbranched alkanes of at least 4 members (excludes halogenated alkanes) is 1. The van der Waals surface area contributed by atoms with Gasteiger partial charge in [0.05, 0.1) is 5.92 Å². The van der Waals surface area contributed by atoms with Crippen molar-refractivity contribution in [2.75, 3.05) is 13.1 Å². The second-order valence-corrected chi connectivity index (χ2v) is 4.82. The smallest absolute Gasteiger partial charge is 0.393 e. The van der Waals surface area contributed by atoms with Gasteiger partial charge in [0.25, 0.3) is 0 Å². The quantitative estimate of drug-likeness (QED) is 0.787. The first-order valence-electron chi connectivity index (χ1n) is 6.37. The van der Waals surface area contributed by atoms with E-state index in [2.05, 4.69) is 0 Å². The molecular formula is C12H18F3NO3. The molecule has 1 unspecified atom stereocenters. The lowest BCUT2D eigenvalue weighted by Gasteiger charge is -2.33. The lowest BCUT2D eigenvalue weighted by Crippen LogP contribution is -2.44. The standard InChI is InChI=1S/C12H18F3NO3/c13-12(14,15)9-4-3-7-16(8-9)10(17)5-1-2-6-11(18)19/h9H,1-8H2,(H,18,19). The molecule has 1 heterocycles. The van der Waals surface area contributed by atoms with Gasteiger partial charge in [-0.1, -0.05) is 0 Å². The zero-order valence-electron chi connectivity index (χ0n) is 10.6. The Hall–Kier alpha value is -1.27. The van der Waals surface area contributed by atoms with E-state index in [1.54, 1.807) is 0 Å². The molecule has 1 fully saturated rings. The number of hydrogen-bond acceptors (Lipinski definition) is 2. The van der Waals surface area contributed by atoms with Crippen LogP contribution in [0.2, 0.25) is 0 Å². The summed E-state index contributed by atoms with van der Waals surface area (Å²) in [6.07, 6.45) is -2.92. The molecule has 0 aromatic carbocycles. The first-order valence-corrected chi connectivity index (χ1v) is 6.37. The summed E-state index contributed by atoms with van der Waals surface area (Å²) in [7, 11) is 0. The van der Waals surface area contributed by atoms with Crippen LogP contribution in [-0.2, 0) is 9.59 Å². The number of nitrogens with zero attached hydrogens (tertiary/aromatic N) is 1. The molecule has 0 spiro atoms. The van der Waals surface area contributed by atoms with Crippen LogP contribution in [-0.4, -0.2) is 41.1 Å². The van der Waals surface area contributed by atoms with Crippen LogP contribution >= 0.6 is 0 Å². The van der Waals surface area contributed by atoms with Gasteiger partial charge in [-0.3, -0.25) is 9.59 Å². The molecule has 0 aromatic rings. The van der Waals surface area contributed by atoms with Gasteiger partial charge < -0.3 is 10.0 Å². The van der Waals surface area contributed by atoms with E-state index >= 15 is 0 Å². The Bertz CT molecular complexity index is 331. The molecule has 0 aromatic heterocycles. The Morgan fingerprint density at radius 1 is 1.21 bits per heavy atom. The van der Waals surface area contributed by atoms with Gasteiger partial charge in [0.1, 0.15) is 0 Å². The number of carboxylic acids is 1. The molecule has 0 aliphatic carbocycles.